The van der Waals surface area contributed by atoms with Crippen LogP contribution < -0.4 is 10.1 Å². The number of anilines is 1. The largest absolute Gasteiger partial charge is 0.488 e. The average Bonchev–Trinajstić information content (AvgIpc) is 3.65. The van der Waals surface area contributed by atoms with Gasteiger partial charge in [-0.15, -0.1) is 11.3 Å². The van der Waals surface area contributed by atoms with Gasteiger partial charge in [-0.05, 0) is 48.2 Å². The summed E-state index contributed by atoms with van der Waals surface area (Å²) in [5, 5.41) is 15.6. The predicted octanol–water partition coefficient (Wildman–Crippen LogP) is 3.89. The monoisotopic (exact) mass is 638 g/mol. The molecule has 0 saturated heterocycles. The van der Waals surface area contributed by atoms with Crippen LogP contribution in [-0.4, -0.2) is 78.0 Å². The molecule has 5 rings (SSSR count). The highest BCUT2D eigenvalue weighted by molar-refractivity contribution is 7.91. The van der Waals surface area contributed by atoms with Gasteiger partial charge in [-0.25, -0.2) is 8.42 Å². The Balaban J connectivity index is 1.41. The number of sulfonamides is 1. The van der Waals surface area contributed by atoms with E-state index in [1.165, 1.54) is 11.4 Å². The van der Waals surface area contributed by atoms with E-state index >= 15 is 0 Å². The van der Waals surface area contributed by atoms with Crippen LogP contribution >= 0.6 is 11.3 Å². The molecular formula is C32H38N4O6S2. The van der Waals surface area contributed by atoms with E-state index in [-0.39, 0.29) is 54.5 Å². The van der Waals surface area contributed by atoms with Crippen LogP contribution in [0.25, 0.3) is 10.9 Å². The lowest BCUT2D eigenvalue weighted by Crippen LogP contribution is -2.48. The second-order valence-corrected chi connectivity index (χ2v) is 14.7. The molecule has 4 aromatic rings. The average molecular weight is 639 g/mol. The maximum atomic E-state index is 13.5. The van der Waals surface area contributed by atoms with Crippen molar-refractivity contribution in [3.05, 3.63) is 77.3 Å². The van der Waals surface area contributed by atoms with Crippen LogP contribution in [-0.2, 0) is 39.5 Å². The van der Waals surface area contributed by atoms with Crippen LogP contribution in [0.15, 0.2) is 70.4 Å². The summed E-state index contributed by atoms with van der Waals surface area (Å²) >= 11 is 1.15. The SMILES string of the molecule is C[C@H]1CN([C@@H](C)CO)C(=O)Cc2cc(NC(=O)Cc3cn(C)c4ccccc34)ccc2O[C@@H]1CN(C)S(=O)(=O)c1cccs1. The van der Waals surface area contributed by atoms with Crippen molar-refractivity contribution in [3.63, 3.8) is 0 Å². The van der Waals surface area contributed by atoms with Gasteiger partial charge in [-0.1, -0.05) is 31.2 Å². The first-order chi connectivity index (χ1) is 21.0. The number of aliphatic hydroxyl groups excluding tert-OH is 1. The minimum Gasteiger partial charge on any atom is -0.488 e. The molecule has 1 aliphatic rings. The Labute approximate surface area is 261 Å². The molecule has 0 unspecified atom stereocenters. The van der Waals surface area contributed by atoms with Crippen molar-refractivity contribution in [2.45, 2.75) is 43.0 Å². The van der Waals surface area contributed by atoms with Gasteiger partial charge in [0.2, 0.25) is 11.8 Å². The van der Waals surface area contributed by atoms with Crippen molar-refractivity contribution in [2.24, 2.45) is 13.0 Å². The number of ether oxygens (including phenoxy) is 1. The molecule has 0 fully saturated rings. The summed E-state index contributed by atoms with van der Waals surface area (Å²) in [5.74, 6) is -0.204. The third-order valence-corrected chi connectivity index (χ3v) is 11.3. The zero-order valence-corrected chi connectivity index (χ0v) is 26.9. The highest BCUT2D eigenvalue weighted by Crippen LogP contribution is 2.30. The molecule has 234 valence electrons. The minimum absolute atomic E-state index is 0.00448. The quantitative estimate of drug-likeness (QED) is 0.287. The van der Waals surface area contributed by atoms with E-state index in [1.807, 2.05) is 49.0 Å². The Hall–Kier alpha value is -3.71. The molecule has 3 atom stereocenters. The van der Waals surface area contributed by atoms with Crippen LogP contribution in [0.5, 0.6) is 5.75 Å². The first-order valence-corrected chi connectivity index (χ1v) is 16.8. The summed E-state index contributed by atoms with van der Waals surface area (Å²) in [6.45, 7) is 3.80. The third-order valence-electron chi connectivity index (χ3n) is 8.13. The number of aromatic nitrogens is 1. The number of carbonyl (C=O) groups excluding carboxylic acids is 2. The van der Waals surface area contributed by atoms with Gasteiger partial charge in [-0.3, -0.25) is 9.59 Å². The van der Waals surface area contributed by atoms with Gasteiger partial charge in [0.05, 0.1) is 32.0 Å². The first-order valence-electron chi connectivity index (χ1n) is 14.5. The van der Waals surface area contributed by atoms with E-state index in [1.54, 1.807) is 47.5 Å². The zero-order chi connectivity index (χ0) is 31.6. The molecule has 0 radical (unpaired) electrons. The first kappa shape index (κ1) is 31.7. The van der Waals surface area contributed by atoms with Crippen molar-refractivity contribution in [2.75, 3.05) is 32.1 Å². The van der Waals surface area contributed by atoms with Crippen molar-refractivity contribution >= 4 is 49.8 Å². The fourth-order valence-corrected chi connectivity index (χ4v) is 7.97. The number of carbonyl (C=O) groups is 2. The second-order valence-electron chi connectivity index (χ2n) is 11.4. The molecule has 0 bridgehead atoms. The Morgan fingerprint density at radius 1 is 1.20 bits per heavy atom. The van der Waals surface area contributed by atoms with E-state index in [0.717, 1.165) is 27.8 Å². The van der Waals surface area contributed by atoms with E-state index in [0.29, 0.717) is 17.0 Å². The van der Waals surface area contributed by atoms with Crippen LogP contribution in [0.3, 0.4) is 0 Å². The van der Waals surface area contributed by atoms with Gasteiger partial charge in [-0.2, -0.15) is 4.31 Å². The molecule has 0 aliphatic carbocycles. The van der Waals surface area contributed by atoms with Crippen LogP contribution in [0.4, 0.5) is 5.69 Å². The number of fused-ring (bicyclic) bond motifs is 2. The molecule has 3 heterocycles. The second kappa shape index (κ2) is 13.1. The van der Waals surface area contributed by atoms with Crippen molar-refractivity contribution in [1.82, 2.24) is 13.8 Å². The van der Waals surface area contributed by atoms with Crippen molar-refractivity contribution in [3.8, 4) is 5.75 Å². The minimum atomic E-state index is -3.73. The Morgan fingerprint density at radius 3 is 2.70 bits per heavy atom. The number of para-hydroxylation sites is 1. The maximum absolute atomic E-state index is 13.5. The van der Waals surface area contributed by atoms with Crippen LogP contribution in [0, 0.1) is 5.92 Å². The predicted molar refractivity (Wildman–Crippen MR) is 171 cm³/mol. The molecule has 0 spiro atoms. The van der Waals surface area contributed by atoms with E-state index in [9.17, 15) is 23.1 Å². The highest BCUT2D eigenvalue weighted by Gasteiger charge is 2.33. The standard InChI is InChI=1S/C32H38N4O6S2/c1-21-17-36(22(2)20-37)31(39)16-23-14-25(33-30(38)15-24-18-34(3)27-9-6-5-8-26(24)27)11-12-28(23)42-29(21)19-35(4)44(40,41)32-10-7-13-43-32/h5-14,18,21-22,29,37H,15-17,19-20H2,1-4H3,(H,33,38)/t21-,22-,29+/m0/s1. The molecule has 2 N–H and O–H groups in total. The normalized spacial score (nSPS) is 18.3. The number of aryl methyl sites for hydroxylation is 1. The number of rotatable bonds is 9. The number of nitrogens with zero attached hydrogens (tertiary/aromatic N) is 3. The van der Waals surface area contributed by atoms with Gasteiger partial charge >= 0.3 is 0 Å². The molecule has 2 amide bonds. The van der Waals surface area contributed by atoms with E-state index in [4.69, 9.17) is 4.74 Å². The zero-order valence-electron chi connectivity index (χ0n) is 25.3. The van der Waals surface area contributed by atoms with Gasteiger partial charge in [0.15, 0.2) is 0 Å². The lowest BCUT2D eigenvalue weighted by molar-refractivity contribution is -0.134. The van der Waals surface area contributed by atoms with Crippen molar-refractivity contribution in [1.29, 1.82) is 0 Å². The number of nitrogens with one attached hydrogen (secondary N) is 1. The summed E-state index contributed by atoms with van der Waals surface area (Å²) in [6, 6.07) is 15.9. The fourth-order valence-electron chi connectivity index (χ4n) is 5.59. The molecule has 0 saturated carbocycles. The number of hydrogen-bond donors (Lipinski definition) is 2. The molecule has 2 aromatic carbocycles. The molecular weight excluding hydrogens is 601 g/mol. The number of likely N-dealkylation sites (N-methyl/N-ethyl adjacent to an activating group) is 1. The molecule has 2 aromatic heterocycles. The highest BCUT2D eigenvalue weighted by atomic mass is 32.2. The van der Waals surface area contributed by atoms with Crippen LogP contribution in [0.1, 0.15) is 25.0 Å². The number of thiophene rings is 1. The summed E-state index contributed by atoms with van der Waals surface area (Å²) in [7, 11) is -0.260. The van der Waals surface area contributed by atoms with Gasteiger partial charge in [0.1, 0.15) is 16.1 Å². The third kappa shape index (κ3) is 6.68. The summed E-state index contributed by atoms with van der Waals surface area (Å²) in [6.07, 6.45) is 1.53. The van der Waals surface area contributed by atoms with E-state index in [2.05, 4.69) is 5.32 Å². The lowest BCUT2D eigenvalue weighted by Gasteiger charge is -2.33. The summed E-state index contributed by atoms with van der Waals surface area (Å²) in [4.78, 5) is 28.3. The number of hydrogen-bond acceptors (Lipinski definition) is 7. The smallest absolute Gasteiger partial charge is 0.252 e. The van der Waals surface area contributed by atoms with Gasteiger partial charge in [0.25, 0.3) is 10.0 Å². The number of amides is 2. The summed E-state index contributed by atoms with van der Waals surface area (Å²) in [5.41, 5.74) is 3.04. The maximum Gasteiger partial charge on any atom is 0.252 e. The summed E-state index contributed by atoms with van der Waals surface area (Å²) < 4.78 is 36.4. The van der Waals surface area contributed by atoms with Gasteiger partial charge in [0, 0.05) is 54.9 Å². The fraction of sp³-hybridized carbons (Fsp3) is 0.375. The van der Waals surface area contributed by atoms with Crippen LogP contribution in [0.2, 0.25) is 0 Å². The van der Waals surface area contributed by atoms with E-state index < -0.39 is 22.2 Å². The topological polar surface area (TPSA) is 121 Å². The van der Waals surface area contributed by atoms with Gasteiger partial charge < -0.3 is 24.6 Å². The molecule has 10 nitrogen and oxygen atoms in total. The Kier molecular flexibility index (Phi) is 9.45. The Bertz CT molecular complexity index is 1750. The molecule has 44 heavy (non-hydrogen) atoms. The number of aliphatic hydroxyl groups is 1. The number of benzene rings is 2. The molecule has 12 heteroatoms. The Morgan fingerprint density at radius 2 is 1.98 bits per heavy atom. The van der Waals surface area contributed by atoms with Crippen molar-refractivity contribution < 1.29 is 27.9 Å². The molecule has 1 aliphatic heterocycles. The lowest BCUT2D eigenvalue weighted by atomic mass is 10.0.